The highest BCUT2D eigenvalue weighted by Crippen LogP contribution is 2.39. The van der Waals surface area contributed by atoms with Crippen molar-refractivity contribution in [2.45, 2.75) is 12.2 Å². The van der Waals surface area contributed by atoms with Crippen LogP contribution in [-0.4, -0.2) is 36.6 Å². The van der Waals surface area contributed by atoms with Crippen molar-refractivity contribution in [2.24, 2.45) is 0 Å². The van der Waals surface area contributed by atoms with Gasteiger partial charge in [-0.15, -0.1) is 11.3 Å². The second-order valence-corrected chi connectivity index (χ2v) is 8.10. The number of nitrogens with one attached hydrogen (secondary N) is 1. The van der Waals surface area contributed by atoms with E-state index < -0.39 is 46.4 Å². The molecule has 32 heavy (non-hydrogen) atoms. The van der Waals surface area contributed by atoms with Crippen molar-refractivity contribution in [3.63, 3.8) is 0 Å². The lowest BCUT2D eigenvalue weighted by atomic mass is 10.1. The first-order valence-electron chi connectivity index (χ1n) is 8.94. The first-order valence-corrected chi connectivity index (χ1v) is 10.2. The number of carbonyl (C=O) groups excluding carboxylic acids is 2. The molecule has 168 valence electrons. The van der Waals surface area contributed by atoms with Crippen LogP contribution in [0, 0.1) is 11.6 Å². The Bertz CT molecular complexity index is 1250. The summed E-state index contributed by atoms with van der Waals surface area (Å²) in [6.45, 7) is -0.260. The van der Waals surface area contributed by atoms with Crippen molar-refractivity contribution in [1.82, 2.24) is 10.3 Å². The molecule has 1 unspecified atom stereocenters. The number of aromatic nitrogens is 1. The maximum absolute atomic E-state index is 14.4. The van der Waals surface area contributed by atoms with E-state index in [1.165, 1.54) is 18.5 Å². The number of hydrogen-bond donors (Lipinski definition) is 1. The Labute approximate surface area is 186 Å². The molecule has 1 saturated heterocycles. The Morgan fingerprint density at radius 2 is 2.03 bits per heavy atom. The van der Waals surface area contributed by atoms with Gasteiger partial charge in [-0.1, -0.05) is 11.6 Å². The standard InChI is InChI=1S/C19H12ClF5N4O2S/c1-28(11-3-2-10(21)14(20)15(11)22)17(30)12-7-26-18(31)29(12)13-6-9(19(23,24)25)8-4-5-32-16(8)27-13/h2-6,12H,7H2,1H3,(H,26,31). The van der Waals surface area contributed by atoms with E-state index in [4.69, 9.17) is 11.6 Å². The lowest BCUT2D eigenvalue weighted by Crippen LogP contribution is -2.47. The molecule has 3 amide bonds. The lowest BCUT2D eigenvalue weighted by molar-refractivity contribution is -0.136. The summed E-state index contributed by atoms with van der Waals surface area (Å²) < 4.78 is 68.6. The number of halogens is 6. The van der Waals surface area contributed by atoms with E-state index in [-0.39, 0.29) is 28.3 Å². The van der Waals surface area contributed by atoms with Gasteiger partial charge in [-0.2, -0.15) is 13.2 Å². The highest BCUT2D eigenvalue weighted by Gasteiger charge is 2.42. The van der Waals surface area contributed by atoms with Crippen molar-refractivity contribution in [1.29, 1.82) is 0 Å². The summed E-state index contributed by atoms with van der Waals surface area (Å²) in [4.78, 5) is 31.2. The van der Waals surface area contributed by atoms with Crippen molar-refractivity contribution >= 4 is 56.6 Å². The van der Waals surface area contributed by atoms with Gasteiger partial charge in [0.1, 0.15) is 27.5 Å². The predicted octanol–water partition coefficient (Wildman–Crippen LogP) is 4.81. The molecular weight excluding hydrogens is 479 g/mol. The van der Waals surface area contributed by atoms with Gasteiger partial charge >= 0.3 is 12.2 Å². The van der Waals surface area contributed by atoms with E-state index in [0.29, 0.717) is 6.07 Å². The molecule has 13 heteroatoms. The average molecular weight is 491 g/mol. The largest absolute Gasteiger partial charge is 0.417 e. The molecule has 1 aromatic carbocycles. The number of amides is 3. The van der Waals surface area contributed by atoms with E-state index in [1.54, 1.807) is 0 Å². The molecule has 1 fully saturated rings. The number of hydrogen-bond acceptors (Lipinski definition) is 4. The lowest BCUT2D eigenvalue weighted by Gasteiger charge is -2.27. The predicted molar refractivity (Wildman–Crippen MR) is 109 cm³/mol. The molecule has 1 aliphatic rings. The SMILES string of the molecule is CN(C(=O)C1CNC(=O)N1c1cc(C(F)(F)F)c2ccsc2n1)c1ccc(F)c(Cl)c1F. The fraction of sp³-hybridized carbons (Fsp3) is 0.211. The maximum Gasteiger partial charge on any atom is 0.417 e. The maximum atomic E-state index is 14.4. The van der Waals surface area contributed by atoms with Crippen LogP contribution in [0.15, 0.2) is 29.6 Å². The molecule has 6 nitrogen and oxygen atoms in total. The van der Waals surface area contributed by atoms with Gasteiger partial charge in [0, 0.05) is 19.0 Å². The third kappa shape index (κ3) is 3.62. The molecule has 1 N–H and O–H groups in total. The Morgan fingerprint density at radius 1 is 1.31 bits per heavy atom. The number of alkyl halides is 3. The molecule has 0 spiro atoms. The molecule has 3 heterocycles. The summed E-state index contributed by atoms with van der Waals surface area (Å²) in [5.74, 6) is -3.44. The number of nitrogens with zero attached hydrogens (tertiary/aromatic N) is 3. The van der Waals surface area contributed by atoms with Gasteiger partial charge in [0.25, 0.3) is 5.91 Å². The zero-order chi connectivity index (χ0) is 23.4. The minimum atomic E-state index is -4.72. The number of benzene rings is 1. The number of urea groups is 1. The summed E-state index contributed by atoms with van der Waals surface area (Å²) in [6, 6.07) is 1.63. The normalized spacial score (nSPS) is 16.5. The molecule has 0 bridgehead atoms. The molecule has 4 rings (SSSR count). The van der Waals surface area contributed by atoms with Crippen molar-refractivity contribution in [2.75, 3.05) is 23.4 Å². The zero-order valence-electron chi connectivity index (χ0n) is 16.0. The van der Waals surface area contributed by atoms with Crippen molar-refractivity contribution in [3.8, 4) is 0 Å². The number of likely N-dealkylation sites (N-methyl/N-ethyl adjacent to an activating group) is 1. The molecule has 3 aromatic rings. The Balaban J connectivity index is 1.75. The summed E-state index contributed by atoms with van der Waals surface area (Å²) in [7, 11) is 1.17. The van der Waals surface area contributed by atoms with Crippen LogP contribution in [0.25, 0.3) is 10.2 Å². The summed E-state index contributed by atoms with van der Waals surface area (Å²) >= 11 is 6.51. The quantitative estimate of drug-likeness (QED) is 0.423. The van der Waals surface area contributed by atoms with Crippen molar-refractivity contribution in [3.05, 3.63) is 51.9 Å². The van der Waals surface area contributed by atoms with Crippen LogP contribution in [0.2, 0.25) is 5.02 Å². The van der Waals surface area contributed by atoms with E-state index in [9.17, 15) is 31.5 Å². The fourth-order valence-corrected chi connectivity index (χ4v) is 4.32. The third-order valence-corrected chi connectivity index (χ3v) is 6.10. The molecular formula is C19H12ClF5N4O2S. The van der Waals surface area contributed by atoms with E-state index in [2.05, 4.69) is 10.3 Å². The van der Waals surface area contributed by atoms with Crippen LogP contribution >= 0.6 is 22.9 Å². The van der Waals surface area contributed by atoms with Gasteiger partial charge < -0.3 is 10.2 Å². The smallest absolute Gasteiger partial charge is 0.335 e. The second kappa shape index (κ2) is 7.85. The fourth-order valence-electron chi connectivity index (χ4n) is 3.37. The van der Waals surface area contributed by atoms with Gasteiger partial charge in [-0.3, -0.25) is 9.69 Å². The van der Waals surface area contributed by atoms with Crippen LogP contribution in [0.5, 0.6) is 0 Å². The highest BCUT2D eigenvalue weighted by molar-refractivity contribution is 7.16. The number of fused-ring (bicyclic) bond motifs is 1. The third-order valence-electron chi connectivity index (χ3n) is 4.95. The molecule has 0 radical (unpaired) electrons. The van der Waals surface area contributed by atoms with Gasteiger partial charge in [0.05, 0.1) is 11.3 Å². The number of anilines is 2. The van der Waals surface area contributed by atoms with Crippen LogP contribution in [0.1, 0.15) is 5.56 Å². The molecule has 1 atom stereocenters. The zero-order valence-corrected chi connectivity index (χ0v) is 17.6. The van der Waals surface area contributed by atoms with Gasteiger partial charge in [-0.25, -0.2) is 18.6 Å². The van der Waals surface area contributed by atoms with Crippen LogP contribution < -0.4 is 15.1 Å². The summed E-state index contributed by atoms with van der Waals surface area (Å²) in [6.07, 6.45) is -4.72. The van der Waals surface area contributed by atoms with Gasteiger partial charge in [0.2, 0.25) is 0 Å². The summed E-state index contributed by atoms with van der Waals surface area (Å²) in [5.41, 5.74) is -1.37. The van der Waals surface area contributed by atoms with Crippen LogP contribution in [-0.2, 0) is 11.0 Å². The molecule has 2 aromatic heterocycles. The Morgan fingerprint density at radius 3 is 2.72 bits per heavy atom. The van der Waals surface area contributed by atoms with Crippen molar-refractivity contribution < 1.29 is 31.5 Å². The number of carbonyl (C=O) groups is 2. The second-order valence-electron chi connectivity index (χ2n) is 6.83. The minimum Gasteiger partial charge on any atom is -0.335 e. The number of pyridine rings is 1. The first kappa shape index (κ1) is 22.2. The van der Waals surface area contributed by atoms with Crippen LogP contribution in [0.3, 0.4) is 0 Å². The summed E-state index contributed by atoms with van der Waals surface area (Å²) in [5, 5.41) is 2.86. The Hall–Kier alpha value is -2.99. The number of thiophene rings is 1. The minimum absolute atomic E-state index is 0.0328. The van der Waals surface area contributed by atoms with E-state index >= 15 is 0 Å². The Kier molecular flexibility index (Phi) is 5.45. The average Bonchev–Trinajstić information content (AvgIpc) is 3.35. The van der Waals surface area contributed by atoms with E-state index in [0.717, 1.165) is 33.3 Å². The first-order chi connectivity index (χ1) is 15.0. The molecule has 0 saturated carbocycles. The van der Waals surface area contributed by atoms with E-state index in [1.807, 2.05) is 0 Å². The topological polar surface area (TPSA) is 65.5 Å². The van der Waals surface area contributed by atoms with Gasteiger partial charge in [-0.05, 0) is 29.6 Å². The van der Waals surface area contributed by atoms with Gasteiger partial charge in [0.15, 0.2) is 5.82 Å². The highest BCUT2D eigenvalue weighted by atomic mass is 35.5. The van der Waals surface area contributed by atoms with Crippen LogP contribution in [0.4, 0.5) is 38.3 Å². The number of rotatable bonds is 3. The monoisotopic (exact) mass is 490 g/mol. The molecule has 0 aliphatic carbocycles. The molecule has 1 aliphatic heterocycles.